The van der Waals surface area contributed by atoms with Crippen LogP contribution in [-0.2, 0) is 4.79 Å². The van der Waals surface area contributed by atoms with Crippen molar-refractivity contribution in [2.75, 3.05) is 13.1 Å². The molecule has 0 aromatic rings. The second-order valence-electron chi connectivity index (χ2n) is 2.80. The van der Waals surface area contributed by atoms with Crippen LogP contribution in [0.1, 0.15) is 27.2 Å². The summed E-state index contributed by atoms with van der Waals surface area (Å²) in [5.74, 6) is -0.0923. The number of nitrogens with one attached hydrogen (secondary N) is 1. The summed E-state index contributed by atoms with van der Waals surface area (Å²) >= 11 is 0. The Morgan fingerprint density at radius 2 is 2.08 bits per heavy atom. The Morgan fingerprint density at radius 1 is 1.50 bits per heavy atom. The van der Waals surface area contributed by atoms with Crippen LogP contribution < -0.4 is 5.43 Å². The van der Waals surface area contributed by atoms with Gasteiger partial charge in [0.25, 0.3) is 5.91 Å². The van der Waals surface area contributed by atoms with E-state index in [1.807, 2.05) is 11.9 Å². The van der Waals surface area contributed by atoms with Gasteiger partial charge in [0.2, 0.25) is 0 Å². The predicted octanol–water partition coefficient (Wildman–Crippen LogP) is 1.33. The minimum Gasteiger partial charge on any atom is -0.285 e. The molecule has 0 rings (SSSR count). The SMILES string of the molecule is C=C(C)C(=O)NN(CC)CCC. The smallest absolute Gasteiger partial charge is 0.260 e. The zero-order valence-electron chi connectivity index (χ0n) is 8.18. The number of nitrogens with zero attached hydrogens (tertiary/aromatic N) is 1. The fraction of sp³-hybridized carbons (Fsp3) is 0.667. The summed E-state index contributed by atoms with van der Waals surface area (Å²) in [4.78, 5) is 11.1. The van der Waals surface area contributed by atoms with E-state index in [0.29, 0.717) is 5.57 Å². The molecule has 0 atom stereocenters. The van der Waals surface area contributed by atoms with Crippen molar-refractivity contribution < 1.29 is 4.79 Å². The molecule has 0 unspecified atom stereocenters. The Labute approximate surface area is 74.4 Å². The van der Waals surface area contributed by atoms with E-state index in [0.717, 1.165) is 19.5 Å². The highest BCUT2D eigenvalue weighted by molar-refractivity contribution is 5.91. The Morgan fingerprint density at radius 3 is 2.42 bits per heavy atom. The third kappa shape index (κ3) is 4.13. The molecule has 0 saturated carbocycles. The Bertz CT molecular complexity index is 166. The average Bonchev–Trinajstić information content (AvgIpc) is 2.03. The molecular formula is C9H18N2O. The van der Waals surface area contributed by atoms with Crippen molar-refractivity contribution in [2.45, 2.75) is 27.2 Å². The van der Waals surface area contributed by atoms with E-state index in [2.05, 4.69) is 18.9 Å². The van der Waals surface area contributed by atoms with Crippen LogP contribution in [0.2, 0.25) is 0 Å². The van der Waals surface area contributed by atoms with Gasteiger partial charge < -0.3 is 0 Å². The van der Waals surface area contributed by atoms with Gasteiger partial charge in [0, 0.05) is 18.7 Å². The fourth-order valence-electron chi connectivity index (χ4n) is 0.802. The average molecular weight is 170 g/mol. The first-order valence-corrected chi connectivity index (χ1v) is 4.33. The van der Waals surface area contributed by atoms with E-state index in [9.17, 15) is 4.79 Å². The Hall–Kier alpha value is -0.830. The third-order valence-corrected chi connectivity index (χ3v) is 1.52. The van der Waals surface area contributed by atoms with Gasteiger partial charge in [-0.05, 0) is 13.3 Å². The summed E-state index contributed by atoms with van der Waals surface area (Å²) in [6, 6.07) is 0. The molecule has 0 aromatic carbocycles. The summed E-state index contributed by atoms with van der Waals surface area (Å²) in [5, 5.41) is 1.89. The number of rotatable bonds is 5. The van der Waals surface area contributed by atoms with E-state index in [1.54, 1.807) is 6.92 Å². The lowest BCUT2D eigenvalue weighted by Gasteiger charge is -2.20. The van der Waals surface area contributed by atoms with Crippen LogP contribution in [0.3, 0.4) is 0 Å². The van der Waals surface area contributed by atoms with Crippen molar-refractivity contribution in [1.82, 2.24) is 10.4 Å². The molecule has 0 spiro atoms. The first-order valence-electron chi connectivity index (χ1n) is 4.33. The topological polar surface area (TPSA) is 32.3 Å². The molecule has 0 heterocycles. The van der Waals surface area contributed by atoms with Crippen LogP contribution in [0, 0.1) is 0 Å². The zero-order valence-corrected chi connectivity index (χ0v) is 8.18. The quantitative estimate of drug-likeness (QED) is 0.498. The molecule has 3 heteroatoms. The van der Waals surface area contributed by atoms with E-state index in [1.165, 1.54) is 0 Å². The lowest BCUT2D eigenvalue weighted by molar-refractivity contribution is -0.122. The number of carbonyl (C=O) groups is 1. The number of carbonyl (C=O) groups excluding carboxylic acids is 1. The molecule has 0 aliphatic heterocycles. The van der Waals surface area contributed by atoms with Crippen molar-refractivity contribution in [3.8, 4) is 0 Å². The van der Waals surface area contributed by atoms with Gasteiger partial charge in [-0.2, -0.15) is 0 Å². The van der Waals surface area contributed by atoms with Crippen LogP contribution >= 0.6 is 0 Å². The number of hydrogen-bond donors (Lipinski definition) is 1. The van der Waals surface area contributed by atoms with Crippen molar-refractivity contribution in [3.63, 3.8) is 0 Å². The molecule has 0 saturated heterocycles. The Balaban J connectivity index is 3.85. The molecule has 70 valence electrons. The van der Waals surface area contributed by atoms with E-state index in [4.69, 9.17) is 0 Å². The van der Waals surface area contributed by atoms with Crippen LogP contribution in [-0.4, -0.2) is 24.0 Å². The lowest BCUT2D eigenvalue weighted by atomic mass is 10.3. The highest BCUT2D eigenvalue weighted by Crippen LogP contribution is 1.90. The molecular weight excluding hydrogens is 152 g/mol. The van der Waals surface area contributed by atoms with Crippen molar-refractivity contribution >= 4 is 5.91 Å². The van der Waals surface area contributed by atoms with Crippen molar-refractivity contribution in [3.05, 3.63) is 12.2 Å². The minimum atomic E-state index is -0.0923. The fourth-order valence-corrected chi connectivity index (χ4v) is 0.802. The highest BCUT2D eigenvalue weighted by atomic mass is 16.2. The molecule has 3 nitrogen and oxygen atoms in total. The van der Waals surface area contributed by atoms with Gasteiger partial charge in [-0.1, -0.05) is 20.4 Å². The largest absolute Gasteiger partial charge is 0.285 e. The molecule has 1 N–H and O–H groups in total. The molecule has 0 bridgehead atoms. The monoisotopic (exact) mass is 170 g/mol. The van der Waals surface area contributed by atoms with Gasteiger partial charge in [-0.15, -0.1) is 0 Å². The first kappa shape index (κ1) is 11.2. The van der Waals surface area contributed by atoms with Gasteiger partial charge in [0.15, 0.2) is 0 Å². The van der Waals surface area contributed by atoms with E-state index >= 15 is 0 Å². The second-order valence-corrected chi connectivity index (χ2v) is 2.80. The summed E-state index contributed by atoms with van der Waals surface area (Å²) < 4.78 is 0. The summed E-state index contributed by atoms with van der Waals surface area (Å²) in [6.45, 7) is 11.1. The number of hydrazine groups is 1. The summed E-state index contributed by atoms with van der Waals surface area (Å²) in [5.41, 5.74) is 3.31. The molecule has 1 amide bonds. The van der Waals surface area contributed by atoms with Crippen molar-refractivity contribution in [1.29, 1.82) is 0 Å². The van der Waals surface area contributed by atoms with Gasteiger partial charge in [-0.3, -0.25) is 10.2 Å². The molecule has 0 aliphatic rings. The van der Waals surface area contributed by atoms with E-state index in [-0.39, 0.29) is 5.91 Å². The predicted molar refractivity (Wildman–Crippen MR) is 50.5 cm³/mol. The van der Waals surface area contributed by atoms with Gasteiger partial charge in [-0.25, -0.2) is 5.01 Å². The zero-order chi connectivity index (χ0) is 9.56. The van der Waals surface area contributed by atoms with Crippen LogP contribution in [0.5, 0.6) is 0 Å². The molecule has 12 heavy (non-hydrogen) atoms. The van der Waals surface area contributed by atoms with Crippen LogP contribution in [0.4, 0.5) is 0 Å². The van der Waals surface area contributed by atoms with Gasteiger partial charge in [0.1, 0.15) is 0 Å². The number of hydrogen-bond acceptors (Lipinski definition) is 2. The molecule has 0 aliphatic carbocycles. The standard InChI is InChI=1S/C9H18N2O/c1-5-7-11(6-2)10-9(12)8(3)4/h3,5-7H2,1-2,4H3,(H,10,12). The summed E-state index contributed by atoms with van der Waals surface area (Å²) in [7, 11) is 0. The minimum absolute atomic E-state index is 0.0923. The van der Waals surface area contributed by atoms with E-state index < -0.39 is 0 Å². The van der Waals surface area contributed by atoms with Crippen molar-refractivity contribution in [2.24, 2.45) is 0 Å². The highest BCUT2D eigenvalue weighted by Gasteiger charge is 2.05. The first-order chi connectivity index (χ1) is 5.61. The Kier molecular flexibility index (Phi) is 5.37. The maximum absolute atomic E-state index is 11.1. The van der Waals surface area contributed by atoms with Crippen LogP contribution in [0.15, 0.2) is 12.2 Å². The van der Waals surface area contributed by atoms with Gasteiger partial charge in [0.05, 0.1) is 0 Å². The molecule has 0 radical (unpaired) electrons. The van der Waals surface area contributed by atoms with Gasteiger partial charge >= 0.3 is 0 Å². The van der Waals surface area contributed by atoms with Crippen LogP contribution in [0.25, 0.3) is 0 Å². The second kappa shape index (κ2) is 5.77. The maximum atomic E-state index is 11.1. The maximum Gasteiger partial charge on any atom is 0.260 e. The summed E-state index contributed by atoms with van der Waals surface area (Å²) in [6.07, 6.45) is 1.03. The molecule has 0 aromatic heterocycles. The number of amides is 1. The third-order valence-electron chi connectivity index (χ3n) is 1.52. The lowest BCUT2D eigenvalue weighted by Crippen LogP contribution is -2.42. The normalized spacial score (nSPS) is 10.0. The molecule has 0 fully saturated rings.